The standard InChI is InChI=1S/C13H8ClF3N2O/c14-6-1-2-8(15)12(3-6)19-13(20)7-4-9(16)10(17)5-11(7)18/h1-5H,18H2,(H,19,20). The van der Waals surface area contributed by atoms with Crippen LogP contribution in [0.25, 0.3) is 0 Å². The van der Waals surface area contributed by atoms with E-state index in [2.05, 4.69) is 5.32 Å². The van der Waals surface area contributed by atoms with Gasteiger partial charge in [0.15, 0.2) is 11.6 Å². The summed E-state index contributed by atoms with van der Waals surface area (Å²) in [7, 11) is 0. The maximum absolute atomic E-state index is 13.5. The average molecular weight is 301 g/mol. The Balaban J connectivity index is 2.33. The van der Waals surface area contributed by atoms with E-state index >= 15 is 0 Å². The van der Waals surface area contributed by atoms with Gasteiger partial charge in [0.05, 0.1) is 11.3 Å². The van der Waals surface area contributed by atoms with Crippen molar-refractivity contribution in [3.63, 3.8) is 0 Å². The Morgan fingerprint density at radius 1 is 1.05 bits per heavy atom. The molecule has 2 rings (SSSR count). The van der Waals surface area contributed by atoms with Gasteiger partial charge in [-0.3, -0.25) is 4.79 Å². The van der Waals surface area contributed by atoms with E-state index in [1.54, 1.807) is 0 Å². The lowest BCUT2D eigenvalue weighted by atomic mass is 10.1. The Labute approximate surface area is 117 Å². The highest BCUT2D eigenvalue weighted by Crippen LogP contribution is 2.22. The summed E-state index contributed by atoms with van der Waals surface area (Å²) >= 11 is 5.67. The zero-order valence-electron chi connectivity index (χ0n) is 9.88. The van der Waals surface area contributed by atoms with Crippen LogP contribution in [0.3, 0.4) is 0 Å². The lowest BCUT2D eigenvalue weighted by Gasteiger charge is -2.09. The topological polar surface area (TPSA) is 55.1 Å². The molecule has 3 N–H and O–H groups in total. The second-order valence-electron chi connectivity index (χ2n) is 3.93. The van der Waals surface area contributed by atoms with Crippen molar-refractivity contribution in [2.24, 2.45) is 0 Å². The summed E-state index contributed by atoms with van der Waals surface area (Å²) in [6.45, 7) is 0. The molecule has 0 spiro atoms. The van der Waals surface area contributed by atoms with Gasteiger partial charge in [-0.05, 0) is 24.3 Å². The highest BCUT2D eigenvalue weighted by atomic mass is 35.5. The molecule has 0 heterocycles. The van der Waals surface area contributed by atoms with Crippen LogP contribution in [0, 0.1) is 17.5 Å². The van der Waals surface area contributed by atoms with Crippen LogP contribution in [0.4, 0.5) is 24.5 Å². The fraction of sp³-hybridized carbons (Fsp3) is 0. The van der Waals surface area contributed by atoms with Crippen molar-refractivity contribution in [3.05, 3.63) is 58.4 Å². The zero-order chi connectivity index (χ0) is 14.9. The Bertz CT molecular complexity index is 692. The normalized spacial score (nSPS) is 10.4. The predicted molar refractivity (Wildman–Crippen MR) is 70.1 cm³/mol. The molecule has 0 saturated carbocycles. The van der Waals surface area contributed by atoms with Gasteiger partial charge in [0.1, 0.15) is 5.82 Å². The second kappa shape index (κ2) is 5.42. The molecule has 20 heavy (non-hydrogen) atoms. The minimum atomic E-state index is -1.23. The first-order chi connectivity index (χ1) is 9.38. The van der Waals surface area contributed by atoms with Crippen LogP contribution in [0.5, 0.6) is 0 Å². The fourth-order valence-electron chi connectivity index (χ4n) is 1.54. The molecule has 0 unspecified atom stereocenters. The van der Waals surface area contributed by atoms with Crippen molar-refractivity contribution in [1.82, 2.24) is 0 Å². The maximum Gasteiger partial charge on any atom is 0.257 e. The number of halogens is 4. The maximum atomic E-state index is 13.5. The van der Waals surface area contributed by atoms with E-state index in [-0.39, 0.29) is 22.0 Å². The molecule has 0 fully saturated rings. The van der Waals surface area contributed by atoms with Gasteiger partial charge < -0.3 is 11.1 Å². The molecule has 0 aliphatic heterocycles. The van der Waals surface area contributed by atoms with E-state index in [4.69, 9.17) is 17.3 Å². The van der Waals surface area contributed by atoms with Crippen LogP contribution in [0.15, 0.2) is 30.3 Å². The molecule has 7 heteroatoms. The number of rotatable bonds is 2. The molecule has 0 saturated heterocycles. The molecule has 0 aromatic heterocycles. The van der Waals surface area contributed by atoms with Crippen molar-refractivity contribution in [1.29, 1.82) is 0 Å². The van der Waals surface area contributed by atoms with Gasteiger partial charge in [-0.15, -0.1) is 0 Å². The average Bonchev–Trinajstić information content (AvgIpc) is 2.38. The number of amides is 1. The van der Waals surface area contributed by atoms with Crippen molar-refractivity contribution < 1.29 is 18.0 Å². The van der Waals surface area contributed by atoms with E-state index in [9.17, 15) is 18.0 Å². The third kappa shape index (κ3) is 2.85. The minimum Gasteiger partial charge on any atom is -0.398 e. The largest absolute Gasteiger partial charge is 0.398 e. The van der Waals surface area contributed by atoms with E-state index < -0.39 is 23.4 Å². The molecule has 0 aliphatic carbocycles. The van der Waals surface area contributed by atoms with E-state index in [0.717, 1.165) is 6.07 Å². The third-order valence-electron chi connectivity index (χ3n) is 2.51. The van der Waals surface area contributed by atoms with Gasteiger partial charge in [0, 0.05) is 16.8 Å². The number of anilines is 2. The molecule has 0 radical (unpaired) electrons. The smallest absolute Gasteiger partial charge is 0.257 e. The van der Waals surface area contributed by atoms with Gasteiger partial charge in [0.2, 0.25) is 0 Å². The summed E-state index contributed by atoms with van der Waals surface area (Å²) < 4.78 is 39.4. The molecular weight excluding hydrogens is 293 g/mol. The molecule has 0 atom stereocenters. The van der Waals surface area contributed by atoms with Crippen molar-refractivity contribution in [2.45, 2.75) is 0 Å². The van der Waals surface area contributed by atoms with Crippen LogP contribution in [-0.4, -0.2) is 5.91 Å². The van der Waals surface area contributed by atoms with Crippen LogP contribution >= 0.6 is 11.6 Å². The number of hydrogen-bond acceptors (Lipinski definition) is 2. The van der Waals surface area contributed by atoms with Crippen molar-refractivity contribution in [2.75, 3.05) is 11.1 Å². The molecule has 3 nitrogen and oxygen atoms in total. The number of nitrogens with two attached hydrogens (primary N) is 1. The highest BCUT2D eigenvalue weighted by molar-refractivity contribution is 6.31. The lowest BCUT2D eigenvalue weighted by molar-refractivity contribution is 0.102. The molecule has 0 bridgehead atoms. The van der Waals surface area contributed by atoms with Crippen molar-refractivity contribution in [3.8, 4) is 0 Å². The van der Waals surface area contributed by atoms with Gasteiger partial charge in [0.25, 0.3) is 5.91 Å². The minimum absolute atomic E-state index is 0.188. The first-order valence-corrected chi connectivity index (χ1v) is 5.77. The van der Waals surface area contributed by atoms with E-state index in [1.165, 1.54) is 12.1 Å². The molecule has 2 aromatic rings. The molecule has 104 valence electrons. The highest BCUT2D eigenvalue weighted by Gasteiger charge is 2.16. The number of nitrogen functional groups attached to an aromatic ring is 1. The number of nitrogens with one attached hydrogen (secondary N) is 1. The van der Waals surface area contributed by atoms with Crippen LogP contribution in [-0.2, 0) is 0 Å². The first kappa shape index (κ1) is 14.2. The second-order valence-corrected chi connectivity index (χ2v) is 4.37. The first-order valence-electron chi connectivity index (χ1n) is 5.39. The number of hydrogen-bond donors (Lipinski definition) is 2. The Kier molecular flexibility index (Phi) is 3.85. The lowest BCUT2D eigenvalue weighted by Crippen LogP contribution is -2.15. The predicted octanol–water partition coefficient (Wildman–Crippen LogP) is 3.59. The van der Waals surface area contributed by atoms with Gasteiger partial charge in [-0.1, -0.05) is 11.6 Å². The Morgan fingerprint density at radius 3 is 2.40 bits per heavy atom. The number of carbonyl (C=O) groups is 1. The summed E-state index contributed by atoms with van der Waals surface area (Å²) in [6.07, 6.45) is 0. The third-order valence-corrected chi connectivity index (χ3v) is 2.75. The fourth-order valence-corrected chi connectivity index (χ4v) is 1.71. The van der Waals surface area contributed by atoms with Crippen LogP contribution in [0.2, 0.25) is 5.02 Å². The Morgan fingerprint density at radius 2 is 1.70 bits per heavy atom. The van der Waals surface area contributed by atoms with E-state index in [1.807, 2.05) is 0 Å². The quantitative estimate of drug-likeness (QED) is 0.833. The number of benzene rings is 2. The zero-order valence-corrected chi connectivity index (χ0v) is 10.6. The monoisotopic (exact) mass is 300 g/mol. The van der Waals surface area contributed by atoms with Gasteiger partial charge in [-0.2, -0.15) is 0 Å². The number of carbonyl (C=O) groups excluding carboxylic acids is 1. The molecular formula is C13H8ClF3N2O. The van der Waals surface area contributed by atoms with E-state index in [0.29, 0.717) is 12.1 Å². The van der Waals surface area contributed by atoms with Crippen molar-refractivity contribution >= 4 is 28.9 Å². The SMILES string of the molecule is Nc1cc(F)c(F)cc1C(=O)Nc1cc(Cl)ccc1F. The summed E-state index contributed by atoms with van der Waals surface area (Å²) in [6, 6.07) is 4.87. The van der Waals surface area contributed by atoms with Crippen LogP contribution in [0.1, 0.15) is 10.4 Å². The molecule has 1 amide bonds. The summed E-state index contributed by atoms with van der Waals surface area (Å²) in [5, 5.41) is 2.40. The van der Waals surface area contributed by atoms with Gasteiger partial charge >= 0.3 is 0 Å². The van der Waals surface area contributed by atoms with Crippen LogP contribution < -0.4 is 11.1 Å². The molecule has 2 aromatic carbocycles. The Hall–Kier alpha value is -2.21. The van der Waals surface area contributed by atoms with Gasteiger partial charge in [-0.25, -0.2) is 13.2 Å². The summed E-state index contributed by atoms with van der Waals surface area (Å²) in [5.41, 5.74) is 4.67. The summed E-state index contributed by atoms with van der Waals surface area (Å²) in [5.74, 6) is -3.99. The summed E-state index contributed by atoms with van der Waals surface area (Å²) in [4.78, 5) is 11.9. The molecule has 0 aliphatic rings.